The van der Waals surface area contributed by atoms with Gasteiger partial charge in [0.1, 0.15) is 6.04 Å². The second-order valence-electron chi connectivity index (χ2n) is 6.19. The third-order valence-corrected chi connectivity index (χ3v) is 3.86. The number of hydrogen-bond donors (Lipinski definition) is 2. The summed E-state index contributed by atoms with van der Waals surface area (Å²) in [4.78, 5) is 14.6. The van der Waals surface area contributed by atoms with Crippen molar-refractivity contribution in [2.24, 2.45) is 0 Å². The maximum atomic E-state index is 12.5. The van der Waals surface area contributed by atoms with Crippen molar-refractivity contribution >= 4 is 17.3 Å². The van der Waals surface area contributed by atoms with Gasteiger partial charge in [-0.25, -0.2) is 0 Å². The molecule has 4 nitrogen and oxygen atoms in total. The first-order valence-corrected chi connectivity index (χ1v) is 7.75. The lowest BCUT2D eigenvalue weighted by Gasteiger charge is -2.33. The molecule has 1 amide bonds. The lowest BCUT2D eigenvalue weighted by atomic mass is 10.0. The Morgan fingerprint density at radius 3 is 2.57 bits per heavy atom. The molecule has 0 heterocycles. The molecule has 1 unspecified atom stereocenters. The van der Waals surface area contributed by atoms with Gasteiger partial charge in [0, 0.05) is 23.5 Å². The van der Waals surface area contributed by atoms with Gasteiger partial charge in [-0.1, -0.05) is 19.9 Å². The van der Waals surface area contributed by atoms with Crippen molar-refractivity contribution < 1.29 is 4.79 Å². The molecule has 0 saturated heterocycles. The van der Waals surface area contributed by atoms with Crippen LogP contribution in [0.5, 0.6) is 0 Å². The van der Waals surface area contributed by atoms with Gasteiger partial charge in [-0.3, -0.25) is 4.79 Å². The molecular weight excluding hydrogens is 262 g/mol. The summed E-state index contributed by atoms with van der Waals surface area (Å²) in [6.07, 6.45) is 1.88. The summed E-state index contributed by atoms with van der Waals surface area (Å²) in [7, 11) is 0. The van der Waals surface area contributed by atoms with Crippen molar-refractivity contribution in [3.05, 3.63) is 24.3 Å². The highest BCUT2D eigenvalue weighted by Crippen LogP contribution is 2.21. The van der Waals surface area contributed by atoms with Crippen molar-refractivity contribution in [3.63, 3.8) is 0 Å². The molecule has 21 heavy (non-hydrogen) atoms. The molecule has 1 aromatic rings. The number of nitrogens with one attached hydrogen (secondary N) is 1. The molecule has 118 valence electrons. The molecule has 1 atom stereocenters. The minimum atomic E-state index is -0.224. The summed E-state index contributed by atoms with van der Waals surface area (Å²) in [5.41, 5.74) is 7.40. The van der Waals surface area contributed by atoms with E-state index in [9.17, 15) is 4.79 Å². The zero-order chi connectivity index (χ0) is 16.0. The van der Waals surface area contributed by atoms with E-state index in [-0.39, 0.29) is 17.5 Å². The Morgan fingerprint density at radius 2 is 2.05 bits per heavy atom. The Balaban J connectivity index is 2.92. The van der Waals surface area contributed by atoms with Crippen molar-refractivity contribution in [3.8, 4) is 0 Å². The summed E-state index contributed by atoms with van der Waals surface area (Å²) in [6.45, 7) is 11.0. The molecule has 0 saturated carbocycles. The first-order chi connectivity index (χ1) is 9.80. The largest absolute Gasteiger partial charge is 0.399 e. The summed E-state index contributed by atoms with van der Waals surface area (Å²) >= 11 is 0. The quantitative estimate of drug-likeness (QED) is 0.759. The molecular formula is C17H29N3O. The van der Waals surface area contributed by atoms with Crippen LogP contribution in [0.15, 0.2) is 24.3 Å². The molecule has 1 rings (SSSR count). The van der Waals surface area contributed by atoms with Gasteiger partial charge in [0.15, 0.2) is 0 Å². The highest BCUT2D eigenvalue weighted by Gasteiger charge is 2.26. The van der Waals surface area contributed by atoms with Crippen LogP contribution in [-0.4, -0.2) is 24.0 Å². The van der Waals surface area contributed by atoms with Crippen molar-refractivity contribution in [1.29, 1.82) is 0 Å². The molecule has 0 fully saturated rings. The van der Waals surface area contributed by atoms with Gasteiger partial charge in [-0.15, -0.1) is 0 Å². The number of carbonyl (C=O) groups is 1. The van der Waals surface area contributed by atoms with Gasteiger partial charge in [-0.2, -0.15) is 0 Å². The molecule has 0 aliphatic carbocycles. The number of amides is 1. The molecule has 0 bridgehead atoms. The first-order valence-electron chi connectivity index (χ1n) is 7.75. The Bertz CT molecular complexity index is 471. The zero-order valence-corrected chi connectivity index (χ0v) is 13.9. The number of rotatable bonds is 7. The average Bonchev–Trinajstić information content (AvgIpc) is 2.43. The number of benzene rings is 1. The van der Waals surface area contributed by atoms with Gasteiger partial charge < -0.3 is 16.0 Å². The van der Waals surface area contributed by atoms with Crippen LogP contribution in [0, 0.1) is 0 Å². The minimum absolute atomic E-state index is 0.0534. The predicted octanol–water partition coefficient (Wildman–Crippen LogP) is 3.18. The number of carbonyl (C=O) groups excluding carboxylic acids is 1. The van der Waals surface area contributed by atoms with Crippen LogP contribution in [0.3, 0.4) is 0 Å². The highest BCUT2D eigenvalue weighted by atomic mass is 16.2. The average molecular weight is 291 g/mol. The van der Waals surface area contributed by atoms with Gasteiger partial charge in [0.2, 0.25) is 5.91 Å². The number of nitrogens with zero attached hydrogens (tertiary/aromatic N) is 1. The van der Waals surface area contributed by atoms with Crippen molar-refractivity contribution in [2.45, 2.75) is 59.0 Å². The van der Waals surface area contributed by atoms with E-state index in [4.69, 9.17) is 5.73 Å². The van der Waals surface area contributed by atoms with Crippen LogP contribution in [0.2, 0.25) is 0 Å². The molecule has 0 spiro atoms. The SMILES string of the molecule is CCCN(c1cccc(N)c1)C(C)C(=O)NC(C)(C)CC. The monoisotopic (exact) mass is 291 g/mol. The van der Waals surface area contributed by atoms with Gasteiger partial charge >= 0.3 is 0 Å². The molecule has 0 radical (unpaired) electrons. The molecule has 0 aliphatic rings. The standard InChI is InChI=1S/C17H29N3O/c1-6-11-20(15-10-8-9-14(18)12-15)13(3)16(21)19-17(4,5)7-2/h8-10,12-13H,6-7,11,18H2,1-5H3,(H,19,21). The van der Waals surface area contributed by atoms with Crippen LogP contribution >= 0.6 is 0 Å². The van der Waals surface area contributed by atoms with Crippen molar-refractivity contribution in [2.75, 3.05) is 17.2 Å². The van der Waals surface area contributed by atoms with E-state index in [1.165, 1.54) is 0 Å². The molecule has 0 aliphatic heterocycles. The number of nitrogens with two attached hydrogens (primary N) is 1. The third kappa shape index (κ3) is 4.96. The topological polar surface area (TPSA) is 58.4 Å². The Morgan fingerprint density at radius 1 is 1.38 bits per heavy atom. The van der Waals surface area contributed by atoms with Crippen LogP contribution < -0.4 is 16.0 Å². The lowest BCUT2D eigenvalue weighted by Crippen LogP contribution is -2.52. The van der Waals surface area contributed by atoms with E-state index in [0.717, 1.165) is 30.8 Å². The highest BCUT2D eigenvalue weighted by molar-refractivity contribution is 5.85. The number of hydrogen-bond acceptors (Lipinski definition) is 3. The minimum Gasteiger partial charge on any atom is -0.399 e. The Labute approximate surface area is 128 Å². The molecule has 0 aromatic heterocycles. The molecule has 1 aromatic carbocycles. The molecule has 3 N–H and O–H groups in total. The van der Waals surface area contributed by atoms with E-state index in [1.54, 1.807) is 0 Å². The number of nitrogen functional groups attached to an aromatic ring is 1. The second kappa shape index (κ2) is 7.34. The maximum absolute atomic E-state index is 12.5. The van der Waals surface area contributed by atoms with Crippen LogP contribution in [-0.2, 0) is 4.79 Å². The van der Waals surface area contributed by atoms with Gasteiger partial charge in [-0.05, 0) is 51.8 Å². The van der Waals surface area contributed by atoms with Gasteiger partial charge in [0.05, 0.1) is 0 Å². The number of anilines is 2. The van der Waals surface area contributed by atoms with E-state index in [0.29, 0.717) is 0 Å². The van der Waals surface area contributed by atoms with Crippen LogP contribution in [0.25, 0.3) is 0 Å². The van der Waals surface area contributed by atoms with Crippen molar-refractivity contribution in [1.82, 2.24) is 5.32 Å². The Hall–Kier alpha value is -1.71. The normalized spacial score (nSPS) is 12.8. The summed E-state index contributed by atoms with van der Waals surface area (Å²) in [6, 6.07) is 7.48. The fourth-order valence-electron chi connectivity index (χ4n) is 2.16. The fraction of sp³-hybridized carbons (Fsp3) is 0.588. The molecule has 4 heteroatoms. The van der Waals surface area contributed by atoms with E-state index >= 15 is 0 Å². The predicted molar refractivity (Wildman–Crippen MR) is 90.5 cm³/mol. The maximum Gasteiger partial charge on any atom is 0.242 e. The zero-order valence-electron chi connectivity index (χ0n) is 13.9. The summed E-state index contributed by atoms with van der Waals surface area (Å²) in [5.74, 6) is 0.0534. The second-order valence-corrected chi connectivity index (χ2v) is 6.19. The Kier molecular flexibility index (Phi) is 6.06. The smallest absolute Gasteiger partial charge is 0.242 e. The van der Waals surface area contributed by atoms with E-state index in [1.807, 2.05) is 45.0 Å². The van der Waals surface area contributed by atoms with E-state index in [2.05, 4.69) is 24.1 Å². The summed E-state index contributed by atoms with van der Waals surface area (Å²) in [5, 5.41) is 3.12. The van der Waals surface area contributed by atoms with Crippen LogP contribution in [0.4, 0.5) is 11.4 Å². The lowest BCUT2D eigenvalue weighted by molar-refractivity contribution is -0.123. The van der Waals surface area contributed by atoms with E-state index < -0.39 is 0 Å². The van der Waals surface area contributed by atoms with Crippen LogP contribution in [0.1, 0.15) is 47.5 Å². The summed E-state index contributed by atoms with van der Waals surface area (Å²) < 4.78 is 0. The first kappa shape index (κ1) is 17.3. The fourth-order valence-corrected chi connectivity index (χ4v) is 2.16. The van der Waals surface area contributed by atoms with Gasteiger partial charge in [0.25, 0.3) is 0 Å². The third-order valence-electron chi connectivity index (χ3n) is 3.86.